The number of anilines is 1. The Morgan fingerprint density at radius 3 is 2.57 bits per heavy atom. The molecule has 0 saturated heterocycles. The molecule has 3 rings (SSSR count). The van der Waals surface area contributed by atoms with Crippen LogP contribution in [0.1, 0.15) is 11.4 Å². The van der Waals surface area contributed by atoms with E-state index in [1.54, 1.807) is 6.07 Å². The van der Waals surface area contributed by atoms with Gasteiger partial charge in [0, 0.05) is 21.1 Å². The molecule has 21 heavy (non-hydrogen) atoms. The lowest BCUT2D eigenvalue weighted by atomic mass is 10.1. The van der Waals surface area contributed by atoms with Gasteiger partial charge in [0.2, 0.25) is 0 Å². The van der Waals surface area contributed by atoms with Crippen molar-refractivity contribution in [3.63, 3.8) is 0 Å². The van der Waals surface area contributed by atoms with Crippen molar-refractivity contribution < 1.29 is 4.52 Å². The molecule has 0 aliphatic rings. The fourth-order valence-electron chi connectivity index (χ4n) is 1.93. The molecule has 0 bridgehead atoms. The molecular weight excluding hydrogens is 398 g/mol. The molecule has 106 valence electrons. The number of hydrogen-bond acceptors (Lipinski definition) is 4. The summed E-state index contributed by atoms with van der Waals surface area (Å²) >= 11 is 6.88. The molecule has 4 nitrogen and oxygen atoms in total. The van der Waals surface area contributed by atoms with Gasteiger partial charge in [-0.3, -0.25) is 0 Å². The van der Waals surface area contributed by atoms with E-state index in [1.165, 1.54) is 0 Å². The lowest BCUT2D eigenvalue weighted by molar-refractivity contribution is 0.423. The first-order chi connectivity index (χ1) is 10.1. The van der Waals surface area contributed by atoms with E-state index in [-0.39, 0.29) is 0 Å². The van der Waals surface area contributed by atoms with Crippen LogP contribution in [0.3, 0.4) is 0 Å². The zero-order valence-corrected chi connectivity index (χ0v) is 14.1. The van der Waals surface area contributed by atoms with Gasteiger partial charge in [-0.15, -0.1) is 0 Å². The Morgan fingerprint density at radius 2 is 1.81 bits per heavy atom. The minimum absolute atomic E-state index is 0.460. The molecule has 2 aromatic carbocycles. The van der Waals surface area contributed by atoms with Gasteiger partial charge in [-0.25, -0.2) is 0 Å². The van der Waals surface area contributed by atoms with Crippen LogP contribution in [-0.4, -0.2) is 10.1 Å². The van der Waals surface area contributed by atoms with Crippen molar-refractivity contribution in [2.75, 3.05) is 5.73 Å². The Hall–Kier alpha value is -1.66. The van der Waals surface area contributed by atoms with Crippen molar-refractivity contribution in [3.05, 3.63) is 62.8 Å². The van der Waals surface area contributed by atoms with Crippen LogP contribution in [0, 0.1) is 0 Å². The van der Waals surface area contributed by atoms with Crippen LogP contribution in [0.5, 0.6) is 0 Å². The number of rotatable bonds is 3. The smallest absolute Gasteiger partial charge is 0.259 e. The summed E-state index contributed by atoms with van der Waals surface area (Å²) in [5, 5.41) is 4.02. The second-order valence-electron chi connectivity index (χ2n) is 4.56. The fraction of sp³-hybridized carbons (Fsp3) is 0.0667. The summed E-state index contributed by atoms with van der Waals surface area (Å²) in [6.07, 6.45) is 0.622. The van der Waals surface area contributed by atoms with E-state index in [1.807, 2.05) is 36.4 Å². The van der Waals surface area contributed by atoms with E-state index >= 15 is 0 Å². The molecule has 0 unspecified atom stereocenters. The summed E-state index contributed by atoms with van der Waals surface area (Å²) in [7, 11) is 0. The van der Waals surface area contributed by atoms with E-state index in [0.29, 0.717) is 23.8 Å². The molecule has 0 fully saturated rings. The molecule has 1 aromatic heterocycles. The predicted octanol–water partition coefficient (Wildman–Crippen LogP) is 4.43. The molecule has 0 spiro atoms. The molecule has 0 aliphatic heterocycles. The summed E-state index contributed by atoms with van der Waals surface area (Å²) in [5.74, 6) is 1.10. The summed E-state index contributed by atoms with van der Waals surface area (Å²) < 4.78 is 7.24. The Bertz CT molecular complexity index is 769. The van der Waals surface area contributed by atoms with Crippen molar-refractivity contribution >= 4 is 37.5 Å². The van der Waals surface area contributed by atoms with Gasteiger partial charge in [0.1, 0.15) is 0 Å². The highest BCUT2D eigenvalue weighted by atomic mass is 79.9. The summed E-state index contributed by atoms with van der Waals surface area (Å²) in [6, 6.07) is 13.5. The third-order valence-corrected chi connectivity index (χ3v) is 4.18. The van der Waals surface area contributed by atoms with E-state index in [2.05, 4.69) is 42.0 Å². The lowest BCUT2D eigenvalue weighted by Crippen LogP contribution is -1.91. The van der Waals surface area contributed by atoms with Crippen LogP contribution in [-0.2, 0) is 6.42 Å². The maximum absolute atomic E-state index is 5.79. The zero-order chi connectivity index (χ0) is 14.8. The number of hydrogen-bond donors (Lipinski definition) is 1. The molecule has 2 N–H and O–H groups in total. The van der Waals surface area contributed by atoms with Crippen LogP contribution >= 0.6 is 31.9 Å². The Balaban J connectivity index is 1.86. The second kappa shape index (κ2) is 5.99. The minimum Gasteiger partial charge on any atom is -0.399 e. The predicted molar refractivity (Wildman–Crippen MR) is 88.8 cm³/mol. The number of benzene rings is 2. The van der Waals surface area contributed by atoms with E-state index < -0.39 is 0 Å². The number of aromatic nitrogens is 2. The van der Waals surface area contributed by atoms with Crippen molar-refractivity contribution in [1.82, 2.24) is 10.1 Å². The minimum atomic E-state index is 0.460. The normalized spacial score (nSPS) is 10.8. The quantitative estimate of drug-likeness (QED) is 0.650. The van der Waals surface area contributed by atoms with Crippen LogP contribution in [0.2, 0.25) is 0 Å². The lowest BCUT2D eigenvalue weighted by Gasteiger charge is -2.00. The van der Waals surface area contributed by atoms with Crippen LogP contribution < -0.4 is 5.73 Å². The second-order valence-corrected chi connectivity index (χ2v) is 6.33. The van der Waals surface area contributed by atoms with Crippen LogP contribution in [0.25, 0.3) is 11.5 Å². The van der Waals surface area contributed by atoms with Crippen molar-refractivity contribution in [3.8, 4) is 11.5 Å². The molecule has 0 amide bonds. The third-order valence-electron chi connectivity index (χ3n) is 2.96. The number of nitrogens with two attached hydrogens (primary N) is 1. The first kappa shape index (κ1) is 14.3. The van der Waals surface area contributed by atoms with Crippen LogP contribution in [0.4, 0.5) is 5.69 Å². The number of nitrogens with zero attached hydrogens (tertiary/aromatic N) is 2. The zero-order valence-electron chi connectivity index (χ0n) is 10.9. The van der Waals surface area contributed by atoms with Crippen LogP contribution in [0.15, 0.2) is 55.9 Å². The largest absolute Gasteiger partial charge is 0.399 e. The van der Waals surface area contributed by atoms with Gasteiger partial charge in [-0.05, 0) is 51.8 Å². The number of halogens is 2. The van der Waals surface area contributed by atoms with Crippen molar-refractivity contribution in [2.24, 2.45) is 0 Å². The van der Waals surface area contributed by atoms with E-state index in [4.69, 9.17) is 10.3 Å². The number of nitrogen functional groups attached to an aromatic ring is 1. The first-order valence-electron chi connectivity index (χ1n) is 6.24. The highest BCUT2D eigenvalue weighted by molar-refractivity contribution is 9.10. The maximum atomic E-state index is 5.79. The Morgan fingerprint density at radius 1 is 1.05 bits per heavy atom. The van der Waals surface area contributed by atoms with Gasteiger partial charge in [-0.2, -0.15) is 4.98 Å². The van der Waals surface area contributed by atoms with Gasteiger partial charge in [-0.1, -0.05) is 33.2 Å². The maximum Gasteiger partial charge on any atom is 0.259 e. The molecule has 6 heteroatoms. The monoisotopic (exact) mass is 407 g/mol. The molecule has 1 heterocycles. The van der Waals surface area contributed by atoms with Gasteiger partial charge < -0.3 is 10.3 Å². The standard InChI is InChI=1S/C15H11Br2N3O/c16-10-3-1-9(2-4-10)7-14-19-15(21-20-14)12-8-11(18)5-6-13(12)17/h1-6,8H,7,18H2. The topological polar surface area (TPSA) is 64.9 Å². The summed E-state index contributed by atoms with van der Waals surface area (Å²) in [6.45, 7) is 0. The third kappa shape index (κ3) is 3.33. The Labute approximate surface area is 138 Å². The summed E-state index contributed by atoms with van der Waals surface area (Å²) in [4.78, 5) is 4.43. The van der Waals surface area contributed by atoms with E-state index in [9.17, 15) is 0 Å². The highest BCUT2D eigenvalue weighted by Gasteiger charge is 2.12. The molecule has 0 radical (unpaired) electrons. The first-order valence-corrected chi connectivity index (χ1v) is 7.83. The van der Waals surface area contributed by atoms with Gasteiger partial charge in [0.05, 0.1) is 5.56 Å². The Kier molecular flexibility index (Phi) is 4.07. The molecule has 3 aromatic rings. The molecular formula is C15H11Br2N3O. The average Bonchev–Trinajstić information content (AvgIpc) is 2.92. The van der Waals surface area contributed by atoms with Gasteiger partial charge in [0.15, 0.2) is 5.82 Å². The molecule has 0 saturated carbocycles. The average molecular weight is 409 g/mol. The highest BCUT2D eigenvalue weighted by Crippen LogP contribution is 2.29. The molecule has 0 atom stereocenters. The van der Waals surface area contributed by atoms with Crippen molar-refractivity contribution in [2.45, 2.75) is 6.42 Å². The fourth-order valence-corrected chi connectivity index (χ4v) is 2.61. The van der Waals surface area contributed by atoms with Crippen molar-refractivity contribution in [1.29, 1.82) is 0 Å². The van der Waals surface area contributed by atoms with Gasteiger partial charge in [0.25, 0.3) is 5.89 Å². The van der Waals surface area contributed by atoms with Gasteiger partial charge >= 0.3 is 0 Å². The summed E-state index contributed by atoms with van der Waals surface area (Å²) in [5.41, 5.74) is 8.37. The molecule has 0 aliphatic carbocycles. The SMILES string of the molecule is Nc1ccc(Br)c(-c2nc(Cc3ccc(Br)cc3)no2)c1. The van der Waals surface area contributed by atoms with E-state index in [0.717, 1.165) is 20.1 Å².